The first-order chi connectivity index (χ1) is 9.67. The van der Waals surface area contributed by atoms with E-state index in [4.69, 9.17) is 16.3 Å². The van der Waals surface area contributed by atoms with E-state index >= 15 is 0 Å². The van der Waals surface area contributed by atoms with E-state index in [1.165, 1.54) is 0 Å². The third-order valence-electron chi connectivity index (χ3n) is 3.06. The molecule has 0 saturated heterocycles. The minimum atomic E-state index is 0.583. The van der Waals surface area contributed by atoms with Gasteiger partial charge in [-0.3, -0.25) is 0 Å². The van der Waals surface area contributed by atoms with Crippen molar-refractivity contribution in [1.29, 1.82) is 0 Å². The van der Waals surface area contributed by atoms with Crippen LogP contribution in [-0.4, -0.2) is 21.6 Å². The number of fused-ring (bicyclic) bond motifs is 1. The SMILES string of the molecule is CCOc1ccc2[nH]c(-c3ccc(C)c(Cl)c3)nc2n1. The van der Waals surface area contributed by atoms with E-state index in [0.29, 0.717) is 18.1 Å². The molecular formula is C15H14ClN3O. The molecule has 0 amide bonds. The van der Waals surface area contributed by atoms with Crippen molar-refractivity contribution in [1.82, 2.24) is 15.0 Å². The topological polar surface area (TPSA) is 50.8 Å². The maximum absolute atomic E-state index is 6.15. The molecule has 0 bridgehead atoms. The summed E-state index contributed by atoms with van der Waals surface area (Å²) >= 11 is 6.15. The first kappa shape index (κ1) is 12.9. The van der Waals surface area contributed by atoms with Crippen molar-refractivity contribution >= 4 is 22.8 Å². The Bertz CT molecular complexity index is 767. The van der Waals surface area contributed by atoms with Crippen LogP contribution < -0.4 is 4.74 Å². The quantitative estimate of drug-likeness (QED) is 0.792. The number of pyridine rings is 1. The summed E-state index contributed by atoms with van der Waals surface area (Å²) in [5.41, 5.74) is 3.50. The lowest BCUT2D eigenvalue weighted by molar-refractivity contribution is 0.328. The molecule has 0 spiro atoms. The number of H-pyrrole nitrogens is 1. The molecule has 20 heavy (non-hydrogen) atoms. The van der Waals surface area contributed by atoms with Crippen LogP contribution in [0.1, 0.15) is 12.5 Å². The smallest absolute Gasteiger partial charge is 0.215 e. The van der Waals surface area contributed by atoms with Gasteiger partial charge in [-0.1, -0.05) is 23.7 Å². The van der Waals surface area contributed by atoms with Crippen LogP contribution in [0.25, 0.3) is 22.6 Å². The highest BCUT2D eigenvalue weighted by atomic mass is 35.5. The second-order valence-corrected chi connectivity index (χ2v) is 4.91. The van der Waals surface area contributed by atoms with Crippen molar-refractivity contribution in [2.45, 2.75) is 13.8 Å². The lowest BCUT2D eigenvalue weighted by atomic mass is 10.1. The highest BCUT2D eigenvalue weighted by Crippen LogP contribution is 2.25. The molecule has 2 aromatic heterocycles. The number of hydrogen-bond acceptors (Lipinski definition) is 3. The van der Waals surface area contributed by atoms with Crippen LogP contribution in [-0.2, 0) is 0 Å². The molecule has 0 atom stereocenters. The van der Waals surface area contributed by atoms with Crippen LogP contribution in [0.4, 0.5) is 0 Å². The van der Waals surface area contributed by atoms with Gasteiger partial charge in [-0.05, 0) is 31.5 Å². The van der Waals surface area contributed by atoms with Gasteiger partial charge in [0, 0.05) is 16.7 Å². The second-order valence-electron chi connectivity index (χ2n) is 4.50. The molecule has 0 saturated carbocycles. The fourth-order valence-electron chi connectivity index (χ4n) is 1.98. The van der Waals surface area contributed by atoms with E-state index in [1.807, 2.05) is 44.2 Å². The Hall–Kier alpha value is -2.07. The number of halogens is 1. The van der Waals surface area contributed by atoms with E-state index in [0.717, 1.165) is 27.5 Å². The van der Waals surface area contributed by atoms with Gasteiger partial charge >= 0.3 is 0 Å². The average molecular weight is 288 g/mol. The van der Waals surface area contributed by atoms with Gasteiger partial charge in [0.1, 0.15) is 5.82 Å². The Morgan fingerprint density at radius 2 is 2.05 bits per heavy atom. The predicted octanol–water partition coefficient (Wildman–Crippen LogP) is 3.99. The minimum absolute atomic E-state index is 0.583. The zero-order chi connectivity index (χ0) is 14.1. The molecule has 102 valence electrons. The Balaban J connectivity index is 2.05. The van der Waals surface area contributed by atoms with Crippen LogP contribution in [0.15, 0.2) is 30.3 Å². The van der Waals surface area contributed by atoms with Crippen molar-refractivity contribution in [3.8, 4) is 17.3 Å². The normalized spacial score (nSPS) is 10.9. The molecule has 4 nitrogen and oxygen atoms in total. The van der Waals surface area contributed by atoms with Crippen LogP contribution in [0.2, 0.25) is 5.02 Å². The standard InChI is InChI=1S/C15H14ClN3O/c1-3-20-13-7-6-12-15(18-13)19-14(17-12)10-5-4-9(2)11(16)8-10/h4-8H,3H2,1-2H3,(H,17,18,19). The fourth-order valence-corrected chi connectivity index (χ4v) is 2.16. The number of aromatic nitrogens is 3. The molecule has 0 radical (unpaired) electrons. The first-order valence-electron chi connectivity index (χ1n) is 6.43. The zero-order valence-electron chi connectivity index (χ0n) is 11.3. The number of imidazole rings is 1. The van der Waals surface area contributed by atoms with Crippen molar-refractivity contribution in [3.05, 3.63) is 40.9 Å². The Morgan fingerprint density at radius 1 is 1.20 bits per heavy atom. The summed E-state index contributed by atoms with van der Waals surface area (Å²) in [6.45, 7) is 4.49. The summed E-state index contributed by atoms with van der Waals surface area (Å²) in [6.07, 6.45) is 0. The average Bonchev–Trinajstić information content (AvgIpc) is 2.85. The Morgan fingerprint density at radius 3 is 2.80 bits per heavy atom. The molecule has 3 rings (SSSR count). The molecule has 0 fully saturated rings. The maximum Gasteiger partial charge on any atom is 0.215 e. The summed E-state index contributed by atoms with van der Waals surface area (Å²) in [6, 6.07) is 9.61. The van der Waals surface area contributed by atoms with E-state index in [2.05, 4.69) is 15.0 Å². The van der Waals surface area contributed by atoms with Gasteiger partial charge in [-0.25, -0.2) is 4.98 Å². The molecule has 0 unspecified atom stereocenters. The van der Waals surface area contributed by atoms with E-state index in [9.17, 15) is 0 Å². The van der Waals surface area contributed by atoms with Crippen LogP contribution in [0, 0.1) is 6.92 Å². The van der Waals surface area contributed by atoms with Crippen molar-refractivity contribution < 1.29 is 4.74 Å². The minimum Gasteiger partial charge on any atom is -0.478 e. The van der Waals surface area contributed by atoms with Crippen molar-refractivity contribution in [2.24, 2.45) is 0 Å². The molecule has 0 aliphatic heterocycles. The lowest BCUT2D eigenvalue weighted by Gasteiger charge is -2.00. The largest absolute Gasteiger partial charge is 0.478 e. The summed E-state index contributed by atoms with van der Waals surface area (Å²) in [7, 11) is 0. The molecule has 3 aromatic rings. The molecule has 0 aliphatic rings. The fraction of sp³-hybridized carbons (Fsp3) is 0.200. The van der Waals surface area contributed by atoms with Gasteiger partial charge in [0.2, 0.25) is 5.88 Å². The van der Waals surface area contributed by atoms with Crippen molar-refractivity contribution in [2.75, 3.05) is 6.61 Å². The monoisotopic (exact) mass is 287 g/mol. The Kier molecular flexibility index (Phi) is 3.32. The number of hydrogen-bond donors (Lipinski definition) is 1. The van der Waals surface area contributed by atoms with Gasteiger partial charge in [-0.15, -0.1) is 0 Å². The molecule has 5 heteroatoms. The molecule has 0 aliphatic carbocycles. The van der Waals surface area contributed by atoms with E-state index in [-0.39, 0.29) is 0 Å². The van der Waals surface area contributed by atoms with Gasteiger partial charge in [0.15, 0.2) is 5.65 Å². The van der Waals surface area contributed by atoms with Crippen LogP contribution >= 0.6 is 11.6 Å². The predicted molar refractivity (Wildman–Crippen MR) is 80.2 cm³/mol. The summed E-state index contributed by atoms with van der Waals surface area (Å²) < 4.78 is 5.38. The third kappa shape index (κ3) is 2.34. The van der Waals surface area contributed by atoms with Gasteiger partial charge in [0.05, 0.1) is 12.1 Å². The zero-order valence-corrected chi connectivity index (χ0v) is 12.0. The molecule has 1 N–H and O–H groups in total. The maximum atomic E-state index is 6.15. The number of nitrogens with zero attached hydrogens (tertiary/aromatic N) is 2. The summed E-state index contributed by atoms with van der Waals surface area (Å²) in [4.78, 5) is 12.1. The van der Waals surface area contributed by atoms with Gasteiger partial charge in [0.25, 0.3) is 0 Å². The number of aromatic amines is 1. The van der Waals surface area contributed by atoms with E-state index in [1.54, 1.807) is 0 Å². The van der Waals surface area contributed by atoms with E-state index < -0.39 is 0 Å². The number of ether oxygens (including phenoxy) is 1. The lowest BCUT2D eigenvalue weighted by Crippen LogP contribution is -1.93. The number of rotatable bonds is 3. The molecule has 1 aromatic carbocycles. The highest BCUT2D eigenvalue weighted by molar-refractivity contribution is 6.31. The third-order valence-corrected chi connectivity index (χ3v) is 3.47. The van der Waals surface area contributed by atoms with Crippen LogP contribution in [0.3, 0.4) is 0 Å². The van der Waals surface area contributed by atoms with Gasteiger partial charge in [-0.2, -0.15) is 4.98 Å². The highest BCUT2D eigenvalue weighted by Gasteiger charge is 2.08. The summed E-state index contributed by atoms with van der Waals surface area (Å²) in [5, 5.41) is 0.728. The number of benzene rings is 1. The number of aryl methyl sites for hydroxylation is 1. The van der Waals surface area contributed by atoms with Gasteiger partial charge < -0.3 is 9.72 Å². The van der Waals surface area contributed by atoms with Crippen LogP contribution in [0.5, 0.6) is 5.88 Å². The molecular weight excluding hydrogens is 274 g/mol. The first-order valence-corrected chi connectivity index (χ1v) is 6.81. The molecule has 2 heterocycles. The summed E-state index contributed by atoms with van der Waals surface area (Å²) in [5.74, 6) is 1.34. The second kappa shape index (κ2) is 5.13. The van der Waals surface area contributed by atoms with Crippen molar-refractivity contribution in [3.63, 3.8) is 0 Å². The number of nitrogens with one attached hydrogen (secondary N) is 1. The Labute approximate surface area is 121 Å².